The molecule has 7 heteroatoms. The van der Waals surface area contributed by atoms with E-state index in [0.717, 1.165) is 12.0 Å². The molecule has 0 aromatic heterocycles. The number of hydrogen-bond donors (Lipinski definition) is 1. The molecule has 0 saturated heterocycles. The maximum Gasteiger partial charge on any atom is 0.240 e. The molecule has 1 aromatic rings. The minimum Gasteiger partial charge on any atom is -0.489 e. The van der Waals surface area contributed by atoms with E-state index < -0.39 is 0 Å². The summed E-state index contributed by atoms with van der Waals surface area (Å²) in [7, 11) is 1.61. The number of fused-ring (bicyclic) bond motifs is 1. The second kappa shape index (κ2) is 7.95. The molecule has 0 radical (unpaired) electrons. The first kappa shape index (κ1) is 19.4. The Hall–Kier alpha value is -1.95. The van der Waals surface area contributed by atoms with Gasteiger partial charge in [-0.05, 0) is 38.5 Å². The van der Waals surface area contributed by atoms with E-state index in [4.69, 9.17) is 21.1 Å². The van der Waals surface area contributed by atoms with Crippen molar-refractivity contribution >= 4 is 23.4 Å². The normalized spacial score (nSPS) is 13.8. The minimum absolute atomic E-state index is 0.00832. The molecule has 1 aliphatic heterocycles. The standard InChI is InChI=1S/C18H25ClN2O4/c1-18(2,3)20-15(22)11-21(4)16(23)10-12-8-13(19)17-14(9-12)24-6-5-7-25-17/h8-9H,5-7,10-11H2,1-4H3,(H,20,22). The van der Waals surface area contributed by atoms with Crippen LogP contribution >= 0.6 is 11.6 Å². The van der Waals surface area contributed by atoms with E-state index in [-0.39, 0.29) is 30.3 Å². The molecule has 1 heterocycles. The van der Waals surface area contributed by atoms with Crippen LogP contribution in [-0.2, 0) is 16.0 Å². The number of carbonyl (C=O) groups is 2. The van der Waals surface area contributed by atoms with Crippen LogP contribution < -0.4 is 14.8 Å². The van der Waals surface area contributed by atoms with E-state index in [1.54, 1.807) is 19.2 Å². The Balaban J connectivity index is 2.01. The smallest absolute Gasteiger partial charge is 0.240 e. The van der Waals surface area contributed by atoms with Crippen LogP contribution in [0.3, 0.4) is 0 Å². The first-order valence-electron chi connectivity index (χ1n) is 8.29. The largest absolute Gasteiger partial charge is 0.489 e. The van der Waals surface area contributed by atoms with Crippen LogP contribution in [0.15, 0.2) is 12.1 Å². The molecule has 0 fully saturated rings. The van der Waals surface area contributed by atoms with Gasteiger partial charge in [0.05, 0.1) is 31.2 Å². The summed E-state index contributed by atoms with van der Waals surface area (Å²) < 4.78 is 11.2. The van der Waals surface area contributed by atoms with E-state index in [1.807, 2.05) is 20.8 Å². The SMILES string of the molecule is CN(CC(=O)NC(C)(C)C)C(=O)Cc1cc(Cl)c2c(c1)OCCCO2. The Kier molecular flexibility index (Phi) is 6.16. The van der Waals surface area contributed by atoms with Crippen LogP contribution in [-0.4, -0.2) is 49.1 Å². The van der Waals surface area contributed by atoms with Gasteiger partial charge in [-0.25, -0.2) is 0 Å². The van der Waals surface area contributed by atoms with Gasteiger partial charge < -0.3 is 19.7 Å². The first-order valence-corrected chi connectivity index (χ1v) is 8.66. The van der Waals surface area contributed by atoms with E-state index in [0.29, 0.717) is 29.7 Å². The summed E-state index contributed by atoms with van der Waals surface area (Å²) in [6, 6.07) is 3.48. The van der Waals surface area contributed by atoms with Crippen molar-refractivity contribution in [3.63, 3.8) is 0 Å². The monoisotopic (exact) mass is 368 g/mol. The van der Waals surface area contributed by atoms with Crippen molar-refractivity contribution in [3.8, 4) is 11.5 Å². The third kappa shape index (κ3) is 5.81. The number of ether oxygens (including phenoxy) is 2. The molecule has 2 amide bonds. The van der Waals surface area contributed by atoms with Gasteiger partial charge >= 0.3 is 0 Å². The van der Waals surface area contributed by atoms with Gasteiger partial charge in [-0.1, -0.05) is 11.6 Å². The van der Waals surface area contributed by atoms with Crippen molar-refractivity contribution in [2.45, 2.75) is 39.2 Å². The number of nitrogens with one attached hydrogen (secondary N) is 1. The first-order chi connectivity index (χ1) is 11.7. The lowest BCUT2D eigenvalue weighted by Crippen LogP contribution is -2.46. The van der Waals surface area contributed by atoms with Gasteiger partial charge in [0.2, 0.25) is 11.8 Å². The molecule has 6 nitrogen and oxygen atoms in total. The molecule has 0 saturated carbocycles. The van der Waals surface area contributed by atoms with Crippen molar-refractivity contribution in [1.29, 1.82) is 0 Å². The van der Waals surface area contributed by atoms with Crippen molar-refractivity contribution in [2.75, 3.05) is 26.8 Å². The van der Waals surface area contributed by atoms with Gasteiger partial charge in [0, 0.05) is 19.0 Å². The van der Waals surface area contributed by atoms with Crippen molar-refractivity contribution in [1.82, 2.24) is 10.2 Å². The van der Waals surface area contributed by atoms with Crippen molar-refractivity contribution in [3.05, 3.63) is 22.7 Å². The lowest BCUT2D eigenvalue weighted by molar-refractivity contribution is -0.134. The highest BCUT2D eigenvalue weighted by Gasteiger charge is 2.20. The minimum atomic E-state index is -0.331. The van der Waals surface area contributed by atoms with Gasteiger partial charge in [0.15, 0.2) is 11.5 Å². The summed E-state index contributed by atoms with van der Waals surface area (Å²) in [5.74, 6) is 0.712. The van der Waals surface area contributed by atoms with Crippen molar-refractivity contribution < 1.29 is 19.1 Å². The van der Waals surface area contributed by atoms with Crippen LogP contribution in [0.1, 0.15) is 32.8 Å². The number of benzene rings is 1. The molecule has 138 valence electrons. The fourth-order valence-electron chi connectivity index (χ4n) is 2.46. The number of halogens is 1. The summed E-state index contributed by atoms with van der Waals surface area (Å²) in [6.07, 6.45) is 0.917. The number of hydrogen-bond acceptors (Lipinski definition) is 4. The van der Waals surface area contributed by atoms with Gasteiger partial charge in [-0.3, -0.25) is 9.59 Å². The highest BCUT2D eigenvalue weighted by Crippen LogP contribution is 2.38. The van der Waals surface area contributed by atoms with E-state index in [9.17, 15) is 9.59 Å². The van der Waals surface area contributed by atoms with Crippen LogP contribution in [0.2, 0.25) is 5.02 Å². The fraction of sp³-hybridized carbons (Fsp3) is 0.556. The molecule has 0 spiro atoms. The Morgan fingerprint density at radius 1 is 1.24 bits per heavy atom. The second-order valence-corrected chi connectivity index (χ2v) is 7.59. The van der Waals surface area contributed by atoms with Gasteiger partial charge in [0.1, 0.15) is 0 Å². The molecule has 0 unspecified atom stereocenters. The average Bonchev–Trinajstić information content (AvgIpc) is 2.70. The molecular weight excluding hydrogens is 344 g/mol. The van der Waals surface area contributed by atoms with Gasteiger partial charge in [0.25, 0.3) is 0 Å². The molecule has 1 aliphatic rings. The Labute approximate surface area is 153 Å². The molecule has 2 rings (SSSR count). The zero-order valence-corrected chi connectivity index (χ0v) is 15.9. The van der Waals surface area contributed by atoms with Gasteiger partial charge in [-0.15, -0.1) is 0 Å². The Morgan fingerprint density at radius 3 is 2.60 bits per heavy atom. The molecule has 25 heavy (non-hydrogen) atoms. The Bertz CT molecular complexity index is 655. The van der Waals surface area contributed by atoms with Gasteiger partial charge in [-0.2, -0.15) is 0 Å². The Morgan fingerprint density at radius 2 is 1.92 bits per heavy atom. The fourth-order valence-corrected chi connectivity index (χ4v) is 2.75. The number of rotatable bonds is 4. The summed E-state index contributed by atoms with van der Waals surface area (Å²) in [4.78, 5) is 25.7. The third-order valence-electron chi connectivity index (χ3n) is 3.54. The van der Waals surface area contributed by atoms with Crippen LogP contribution in [0.4, 0.5) is 0 Å². The molecule has 1 N–H and O–H groups in total. The highest BCUT2D eigenvalue weighted by atomic mass is 35.5. The summed E-state index contributed by atoms with van der Waals surface area (Å²) in [5.41, 5.74) is 0.394. The van der Waals surface area contributed by atoms with Crippen molar-refractivity contribution in [2.24, 2.45) is 0 Å². The number of likely N-dealkylation sites (N-methyl/N-ethyl adjacent to an activating group) is 1. The summed E-state index contributed by atoms with van der Waals surface area (Å²) in [5, 5.41) is 3.26. The van der Waals surface area contributed by atoms with E-state index >= 15 is 0 Å². The zero-order valence-electron chi connectivity index (χ0n) is 15.1. The number of nitrogens with zero attached hydrogens (tertiary/aromatic N) is 1. The number of amides is 2. The third-order valence-corrected chi connectivity index (χ3v) is 3.82. The predicted molar refractivity (Wildman–Crippen MR) is 96.3 cm³/mol. The highest BCUT2D eigenvalue weighted by molar-refractivity contribution is 6.32. The van der Waals surface area contributed by atoms with Crippen LogP contribution in [0, 0.1) is 0 Å². The second-order valence-electron chi connectivity index (χ2n) is 7.18. The molecule has 1 aromatic carbocycles. The van der Waals surface area contributed by atoms with Crippen LogP contribution in [0.25, 0.3) is 0 Å². The molecule has 0 aliphatic carbocycles. The zero-order chi connectivity index (χ0) is 18.6. The average molecular weight is 369 g/mol. The summed E-state index contributed by atoms with van der Waals surface area (Å²) >= 11 is 6.25. The molecule has 0 bridgehead atoms. The predicted octanol–water partition coefficient (Wildman–Crippen LogP) is 2.42. The van der Waals surface area contributed by atoms with Crippen LogP contribution in [0.5, 0.6) is 11.5 Å². The quantitative estimate of drug-likeness (QED) is 0.886. The lowest BCUT2D eigenvalue weighted by atomic mass is 10.1. The summed E-state index contributed by atoms with van der Waals surface area (Å²) in [6.45, 7) is 6.80. The van der Waals surface area contributed by atoms with E-state index in [2.05, 4.69) is 5.32 Å². The number of carbonyl (C=O) groups excluding carboxylic acids is 2. The van der Waals surface area contributed by atoms with E-state index in [1.165, 1.54) is 4.90 Å². The maximum absolute atomic E-state index is 12.4. The lowest BCUT2D eigenvalue weighted by Gasteiger charge is -2.23. The maximum atomic E-state index is 12.4. The molecular formula is C18H25ClN2O4. The molecule has 0 atom stereocenters. The topological polar surface area (TPSA) is 67.9 Å².